The number of piperidine rings is 1. The molecule has 1 aliphatic carbocycles. The van der Waals surface area contributed by atoms with E-state index in [0.717, 1.165) is 50.0 Å². The zero-order chi connectivity index (χ0) is 26.3. The van der Waals surface area contributed by atoms with Gasteiger partial charge in [-0.1, -0.05) is 26.8 Å². The molecular weight excluding hydrogens is 448 g/mol. The molecule has 2 aromatic rings. The van der Waals surface area contributed by atoms with Crippen LogP contribution >= 0.6 is 0 Å². The summed E-state index contributed by atoms with van der Waals surface area (Å²) in [5.41, 5.74) is 4.50. The summed E-state index contributed by atoms with van der Waals surface area (Å²) in [6, 6.07) is 6.05. The van der Waals surface area contributed by atoms with Gasteiger partial charge >= 0.3 is 0 Å². The molecule has 0 unspecified atom stereocenters. The maximum Gasteiger partial charge on any atom is 0.291 e. The Kier molecular flexibility index (Phi) is 6.87. The van der Waals surface area contributed by atoms with Crippen LogP contribution in [-0.4, -0.2) is 43.4 Å². The molecule has 3 heterocycles. The smallest absolute Gasteiger partial charge is 0.291 e. The normalized spacial score (nSPS) is 21.4. The molecule has 7 heteroatoms. The van der Waals surface area contributed by atoms with E-state index in [9.17, 15) is 4.79 Å². The number of aromatic nitrogens is 3. The summed E-state index contributed by atoms with van der Waals surface area (Å²) < 4.78 is 0. The van der Waals surface area contributed by atoms with Crippen LogP contribution in [0.2, 0.25) is 0 Å². The Morgan fingerprint density at radius 1 is 1.19 bits per heavy atom. The van der Waals surface area contributed by atoms with Crippen molar-refractivity contribution in [1.29, 1.82) is 5.26 Å². The minimum atomic E-state index is -0.373. The molecule has 1 amide bonds. The maximum atomic E-state index is 12.9. The summed E-state index contributed by atoms with van der Waals surface area (Å²) in [7, 11) is 0. The number of rotatable bonds is 5. The highest BCUT2D eigenvalue weighted by molar-refractivity contribution is 6.03. The summed E-state index contributed by atoms with van der Waals surface area (Å²) >= 11 is 0. The van der Waals surface area contributed by atoms with E-state index in [4.69, 9.17) is 10.2 Å². The number of amides is 1. The lowest BCUT2D eigenvalue weighted by atomic mass is 9.72. The maximum absolute atomic E-state index is 12.9. The number of nitriles is 1. The van der Waals surface area contributed by atoms with E-state index in [-0.39, 0.29) is 33.9 Å². The van der Waals surface area contributed by atoms with Gasteiger partial charge in [0.1, 0.15) is 11.8 Å². The first kappa shape index (κ1) is 26.1. The van der Waals surface area contributed by atoms with E-state index in [1.165, 1.54) is 11.8 Å². The Morgan fingerprint density at radius 3 is 2.44 bits per heavy atom. The van der Waals surface area contributed by atoms with E-state index in [2.05, 4.69) is 80.8 Å². The van der Waals surface area contributed by atoms with Gasteiger partial charge in [-0.2, -0.15) is 5.26 Å². The fourth-order valence-electron chi connectivity index (χ4n) is 6.40. The number of anilines is 1. The molecule has 0 bridgehead atoms. The summed E-state index contributed by atoms with van der Waals surface area (Å²) in [6.07, 6.45) is 8.73. The number of carbonyl (C=O) groups excluding carboxylic acids is 1. The molecule has 2 aliphatic rings. The van der Waals surface area contributed by atoms with Crippen LogP contribution in [0.1, 0.15) is 114 Å². The van der Waals surface area contributed by atoms with Crippen molar-refractivity contribution in [2.45, 2.75) is 97.6 Å². The highest BCUT2D eigenvalue weighted by Crippen LogP contribution is 2.46. The van der Waals surface area contributed by atoms with Crippen molar-refractivity contribution >= 4 is 17.2 Å². The van der Waals surface area contributed by atoms with Crippen LogP contribution < -0.4 is 5.32 Å². The van der Waals surface area contributed by atoms with Crippen molar-refractivity contribution in [3.8, 4) is 6.07 Å². The number of nitrogens with zero attached hydrogens (tertiary/aromatic N) is 4. The van der Waals surface area contributed by atoms with Crippen LogP contribution in [0.25, 0.3) is 5.57 Å². The molecule has 2 aromatic heterocycles. The zero-order valence-corrected chi connectivity index (χ0v) is 22.8. The molecule has 0 aromatic carbocycles. The van der Waals surface area contributed by atoms with E-state index >= 15 is 0 Å². The largest absolute Gasteiger partial charge is 0.326 e. The number of hydrogen-bond acceptors (Lipinski definition) is 5. The zero-order valence-electron chi connectivity index (χ0n) is 22.8. The Balaban J connectivity index is 1.70. The van der Waals surface area contributed by atoms with E-state index in [1.807, 2.05) is 12.1 Å². The van der Waals surface area contributed by atoms with Gasteiger partial charge in [-0.15, -0.1) is 0 Å². The predicted molar refractivity (Wildman–Crippen MR) is 144 cm³/mol. The second-order valence-electron chi connectivity index (χ2n) is 12.4. The minimum Gasteiger partial charge on any atom is -0.326 e. The average Bonchev–Trinajstić information content (AvgIpc) is 3.28. The van der Waals surface area contributed by atoms with E-state index < -0.39 is 0 Å². The van der Waals surface area contributed by atoms with Gasteiger partial charge in [0.25, 0.3) is 5.91 Å². The van der Waals surface area contributed by atoms with Gasteiger partial charge in [0.15, 0.2) is 5.82 Å². The highest BCUT2D eigenvalue weighted by atomic mass is 16.2. The highest BCUT2D eigenvalue weighted by Gasteiger charge is 2.45. The molecule has 2 N–H and O–H groups in total. The van der Waals surface area contributed by atoms with E-state index in [1.54, 1.807) is 0 Å². The molecule has 1 saturated heterocycles. The Bertz CT molecular complexity index is 1190. The fourth-order valence-corrected chi connectivity index (χ4v) is 6.40. The van der Waals surface area contributed by atoms with Crippen LogP contribution in [0.15, 0.2) is 24.4 Å². The SMILES string of the molecule is CCN1C(C)(C)CC(c2ccc(NC(=O)c3ncc(C#N)[nH]3)c(C3=CCC(C)(C)CC3)n2)CC1(C)C. The first-order valence-corrected chi connectivity index (χ1v) is 13.1. The number of nitrogens with one attached hydrogen (secondary N) is 2. The van der Waals surface area contributed by atoms with Gasteiger partial charge in [-0.3, -0.25) is 14.7 Å². The van der Waals surface area contributed by atoms with Crippen LogP contribution in [0.4, 0.5) is 5.69 Å². The van der Waals surface area contributed by atoms with Crippen molar-refractivity contribution in [2.24, 2.45) is 5.41 Å². The van der Waals surface area contributed by atoms with Gasteiger partial charge in [0.05, 0.1) is 17.6 Å². The summed E-state index contributed by atoms with van der Waals surface area (Å²) in [4.78, 5) is 27.6. The number of hydrogen-bond donors (Lipinski definition) is 2. The number of pyridine rings is 1. The molecule has 4 rings (SSSR count). The van der Waals surface area contributed by atoms with Gasteiger partial charge in [-0.25, -0.2) is 4.98 Å². The van der Waals surface area contributed by atoms with Gasteiger partial charge < -0.3 is 10.3 Å². The van der Waals surface area contributed by atoms with Crippen molar-refractivity contribution in [3.05, 3.63) is 47.3 Å². The molecule has 1 fully saturated rings. The monoisotopic (exact) mass is 488 g/mol. The standard InChI is InChI=1S/C29H40N6O/c1-8-35-28(4,5)15-20(16-29(35,6)7)22-9-10-23(34-26(36)25-31-18-21(17-30)32-25)24(33-22)19-11-13-27(2,3)14-12-19/h9-11,18,20H,8,12-16H2,1-7H3,(H,31,32)(H,34,36). The Morgan fingerprint density at radius 2 is 1.89 bits per heavy atom. The summed E-state index contributed by atoms with van der Waals surface area (Å²) in [5.74, 6) is 0.0866. The van der Waals surface area contributed by atoms with Crippen molar-refractivity contribution in [2.75, 3.05) is 11.9 Å². The van der Waals surface area contributed by atoms with Crippen molar-refractivity contribution in [3.63, 3.8) is 0 Å². The average molecular weight is 489 g/mol. The topological polar surface area (TPSA) is 97.7 Å². The Hall–Kier alpha value is -2.98. The molecule has 0 radical (unpaired) electrons. The molecule has 1 aliphatic heterocycles. The van der Waals surface area contributed by atoms with Crippen LogP contribution in [0.3, 0.4) is 0 Å². The Labute approximate surface area is 215 Å². The van der Waals surface area contributed by atoms with Gasteiger partial charge in [0.2, 0.25) is 0 Å². The predicted octanol–water partition coefficient (Wildman–Crippen LogP) is 6.28. The van der Waals surface area contributed by atoms with Gasteiger partial charge in [0, 0.05) is 22.7 Å². The lowest BCUT2D eigenvalue weighted by Crippen LogP contribution is -2.59. The number of allylic oxidation sites excluding steroid dienone is 2. The summed E-state index contributed by atoms with van der Waals surface area (Å²) in [6.45, 7) is 17.2. The van der Waals surface area contributed by atoms with Crippen LogP contribution in [-0.2, 0) is 0 Å². The molecule has 0 atom stereocenters. The number of H-pyrrole nitrogens is 1. The molecule has 0 saturated carbocycles. The first-order valence-electron chi connectivity index (χ1n) is 13.1. The molecule has 36 heavy (non-hydrogen) atoms. The number of aromatic amines is 1. The minimum absolute atomic E-state index is 0.0712. The molecule has 0 spiro atoms. The number of carbonyl (C=O) groups is 1. The second kappa shape index (κ2) is 9.48. The third kappa shape index (κ3) is 5.24. The lowest BCUT2D eigenvalue weighted by molar-refractivity contribution is -0.0322. The quantitative estimate of drug-likeness (QED) is 0.516. The second-order valence-corrected chi connectivity index (χ2v) is 12.4. The van der Waals surface area contributed by atoms with Gasteiger partial charge in [-0.05, 0) is 89.5 Å². The number of likely N-dealkylation sites (tertiary alicyclic amines) is 1. The lowest BCUT2D eigenvalue weighted by Gasteiger charge is -2.55. The fraction of sp³-hybridized carbons (Fsp3) is 0.586. The molecule has 7 nitrogen and oxygen atoms in total. The first-order chi connectivity index (χ1) is 16.8. The summed E-state index contributed by atoms with van der Waals surface area (Å²) in [5, 5.41) is 12.1. The molecular formula is C29H40N6O. The number of imidazole rings is 1. The van der Waals surface area contributed by atoms with Crippen LogP contribution in [0.5, 0.6) is 0 Å². The molecule has 192 valence electrons. The third-order valence-corrected chi connectivity index (χ3v) is 8.04. The van der Waals surface area contributed by atoms with Crippen molar-refractivity contribution < 1.29 is 4.79 Å². The van der Waals surface area contributed by atoms with E-state index in [0.29, 0.717) is 11.6 Å². The van der Waals surface area contributed by atoms with Crippen molar-refractivity contribution in [1.82, 2.24) is 19.9 Å². The third-order valence-electron chi connectivity index (χ3n) is 8.04. The van der Waals surface area contributed by atoms with Crippen LogP contribution in [0, 0.1) is 16.7 Å².